The summed E-state index contributed by atoms with van der Waals surface area (Å²) in [6.07, 6.45) is -0.575. The molecule has 2 atom stereocenters. The lowest BCUT2D eigenvalue weighted by Crippen LogP contribution is -2.52. The Kier molecular flexibility index (Phi) is 3.46. The molecule has 114 valence electrons. The number of piperidine rings is 2. The highest BCUT2D eigenvalue weighted by Gasteiger charge is 2.39. The third-order valence-electron chi connectivity index (χ3n) is 4.60. The number of ketones is 1. The standard InChI is InChI=1S/C16H18F3NO/c1-10-5-6-11(16(17,18)19)7-15(10)20-12-3-2-4-13(20)9-14(21)8-12/h5-7,12-13H,2-4,8-9H2,1H3. The lowest BCUT2D eigenvalue weighted by molar-refractivity contribution is -0.137. The van der Waals surface area contributed by atoms with Crippen LogP contribution in [0.5, 0.6) is 0 Å². The molecule has 0 saturated carbocycles. The molecule has 0 spiro atoms. The largest absolute Gasteiger partial charge is 0.416 e. The molecule has 1 aromatic rings. The number of nitrogens with zero attached hydrogens (tertiary/aromatic N) is 1. The number of alkyl halides is 3. The van der Waals surface area contributed by atoms with Crippen molar-refractivity contribution in [3.05, 3.63) is 29.3 Å². The van der Waals surface area contributed by atoms with Gasteiger partial charge < -0.3 is 4.90 Å². The van der Waals surface area contributed by atoms with Gasteiger partial charge in [-0.3, -0.25) is 4.79 Å². The molecule has 2 heterocycles. The molecule has 0 amide bonds. The van der Waals surface area contributed by atoms with E-state index in [9.17, 15) is 18.0 Å². The van der Waals surface area contributed by atoms with Crippen LogP contribution in [-0.2, 0) is 11.0 Å². The number of Topliss-reactive ketones (excluding diaryl/α,β-unsaturated/α-hetero) is 1. The quantitative estimate of drug-likeness (QED) is 0.777. The van der Waals surface area contributed by atoms with E-state index in [1.165, 1.54) is 12.1 Å². The number of halogens is 3. The van der Waals surface area contributed by atoms with Gasteiger partial charge in [-0.1, -0.05) is 6.07 Å². The Morgan fingerprint density at radius 1 is 1.14 bits per heavy atom. The second kappa shape index (κ2) is 5.04. The van der Waals surface area contributed by atoms with E-state index in [2.05, 4.69) is 4.90 Å². The maximum atomic E-state index is 12.9. The fraction of sp³-hybridized carbons (Fsp3) is 0.562. The number of aryl methyl sites for hydroxylation is 1. The van der Waals surface area contributed by atoms with Crippen LogP contribution in [0.4, 0.5) is 18.9 Å². The summed E-state index contributed by atoms with van der Waals surface area (Å²) in [6.45, 7) is 1.83. The van der Waals surface area contributed by atoms with Crippen LogP contribution in [-0.4, -0.2) is 17.9 Å². The Balaban J connectivity index is 2.01. The Morgan fingerprint density at radius 3 is 2.33 bits per heavy atom. The van der Waals surface area contributed by atoms with E-state index in [1.807, 2.05) is 6.92 Å². The molecule has 2 bridgehead atoms. The van der Waals surface area contributed by atoms with Crippen LogP contribution in [0.1, 0.15) is 43.2 Å². The summed E-state index contributed by atoms with van der Waals surface area (Å²) < 4.78 is 38.8. The highest BCUT2D eigenvalue weighted by Crippen LogP contribution is 2.40. The fourth-order valence-corrected chi connectivity index (χ4v) is 3.63. The van der Waals surface area contributed by atoms with Crippen molar-refractivity contribution >= 4 is 11.5 Å². The molecule has 21 heavy (non-hydrogen) atoms. The molecule has 2 nitrogen and oxygen atoms in total. The number of hydrogen-bond donors (Lipinski definition) is 0. The first kappa shape index (κ1) is 14.4. The van der Waals surface area contributed by atoms with Gasteiger partial charge in [-0.05, 0) is 43.9 Å². The number of rotatable bonds is 1. The first-order valence-corrected chi connectivity index (χ1v) is 7.34. The van der Waals surface area contributed by atoms with Crippen molar-refractivity contribution in [2.24, 2.45) is 0 Å². The summed E-state index contributed by atoms with van der Waals surface area (Å²) >= 11 is 0. The summed E-state index contributed by atoms with van der Waals surface area (Å²) in [5.41, 5.74) is 0.874. The van der Waals surface area contributed by atoms with Gasteiger partial charge in [0.15, 0.2) is 0 Å². The zero-order chi connectivity index (χ0) is 15.2. The van der Waals surface area contributed by atoms with Crippen molar-refractivity contribution in [1.29, 1.82) is 0 Å². The van der Waals surface area contributed by atoms with E-state index in [0.717, 1.165) is 30.9 Å². The molecule has 2 aliphatic heterocycles. The average Bonchev–Trinajstić information content (AvgIpc) is 2.37. The van der Waals surface area contributed by atoms with Gasteiger partial charge in [0.1, 0.15) is 5.78 Å². The van der Waals surface area contributed by atoms with Gasteiger partial charge in [0.25, 0.3) is 0 Å². The van der Waals surface area contributed by atoms with E-state index in [0.29, 0.717) is 18.5 Å². The second-order valence-electron chi connectivity index (χ2n) is 6.09. The van der Waals surface area contributed by atoms with Crippen LogP contribution < -0.4 is 4.90 Å². The first-order chi connectivity index (χ1) is 9.86. The molecule has 2 aliphatic rings. The minimum absolute atomic E-state index is 0.0622. The number of benzene rings is 1. The third kappa shape index (κ3) is 2.65. The van der Waals surface area contributed by atoms with Gasteiger partial charge in [0.2, 0.25) is 0 Å². The third-order valence-corrected chi connectivity index (χ3v) is 4.60. The van der Waals surface area contributed by atoms with Crippen molar-refractivity contribution < 1.29 is 18.0 Å². The predicted octanol–water partition coefficient (Wildman–Crippen LogP) is 4.10. The number of fused-ring (bicyclic) bond motifs is 2. The van der Waals surface area contributed by atoms with Gasteiger partial charge in [-0.2, -0.15) is 13.2 Å². The van der Waals surface area contributed by atoms with Crippen LogP contribution in [0.15, 0.2) is 18.2 Å². The lowest BCUT2D eigenvalue weighted by atomic mass is 9.83. The van der Waals surface area contributed by atoms with Crippen LogP contribution in [0, 0.1) is 6.92 Å². The van der Waals surface area contributed by atoms with Gasteiger partial charge in [0.05, 0.1) is 5.56 Å². The van der Waals surface area contributed by atoms with Gasteiger partial charge in [-0.15, -0.1) is 0 Å². The molecule has 5 heteroatoms. The molecule has 2 saturated heterocycles. The highest BCUT2D eigenvalue weighted by atomic mass is 19.4. The molecular formula is C16H18F3NO. The summed E-state index contributed by atoms with van der Waals surface area (Å²) in [6, 6.07) is 4.03. The van der Waals surface area contributed by atoms with E-state index in [-0.39, 0.29) is 17.9 Å². The zero-order valence-electron chi connectivity index (χ0n) is 11.9. The van der Waals surface area contributed by atoms with Crippen LogP contribution >= 0.6 is 0 Å². The normalized spacial score (nSPS) is 26.1. The smallest absolute Gasteiger partial charge is 0.364 e. The Hall–Kier alpha value is -1.52. The van der Waals surface area contributed by atoms with Crippen LogP contribution in [0.2, 0.25) is 0 Å². The van der Waals surface area contributed by atoms with Crippen molar-refractivity contribution in [1.82, 2.24) is 0 Å². The molecule has 0 N–H and O–H groups in total. The predicted molar refractivity (Wildman–Crippen MR) is 74.3 cm³/mol. The summed E-state index contributed by atoms with van der Waals surface area (Å²) in [5, 5.41) is 0. The van der Waals surface area contributed by atoms with Gasteiger partial charge in [-0.25, -0.2) is 0 Å². The first-order valence-electron chi connectivity index (χ1n) is 7.34. The summed E-state index contributed by atoms with van der Waals surface area (Å²) in [4.78, 5) is 13.8. The van der Waals surface area contributed by atoms with E-state index in [4.69, 9.17) is 0 Å². The van der Waals surface area contributed by atoms with Crippen molar-refractivity contribution in [2.45, 2.75) is 57.3 Å². The fourth-order valence-electron chi connectivity index (χ4n) is 3.63. The summed E-state index contributed by atoms with van der Waals surface area (Å²) in [7, 11) is 0. The Labute approximate surface area is 121 Å². The molecule has 0 radical (unpaired) electrons. The maximum Gasteiger partial charge on any atom is 0.416 e. The maximum absolute atomic E-state index is 12.9. The van der Waals surface area contributed by atoms with Crippen molar-refractivity contribution in [3.8, 4) is 0 Å². The SMILES string of the molecule is Cc1ccc(C(F)(F)F)cc1N1C2CCCC1CC(=O)C2. The van der Waals surface area contributed by atoms with Crippen LogP contribution in [0.25, 0.3) is 0 Å². The van der Waals surface area contributed by atoms with E-state index < -0.39 is 11.7 Å². The minimum atomic E-state index is -4.33. The molecule has 2 unspecified atom stereocenters. The van der Waals surface area contributed by atoms with Gasteiger partial charge >= 0.3 is 6.18 Å². The monoisotopic (exact) mass is 297 g/mol. The number of carbonyl (C=O) groups is 1. The molecule has 1 aromatic carbocycles. The molecular weight excluding hydrogens is 279 g/mol. The lowest BCUT2D eigenvalue weighted by Gasteiger charge is -2.47. The molecule has 2 fully saturated rings. The molecule has 3 rings (SSSR count). The highest BCUT2D eigenvalue weighted by molar-refractivity contribution is 5.83. The Bertz CT molecular complexity index is 551. The number of hydrogen-bond acceptors (Lipinski definition) is 2. The van der Waals surface area contributed by atoms with E-state index >= 15 is 0 Å². The minimum Gasteiger partial charge on any atom is -0.364 e. The second-order valence-corrected chi connectivity index (χ2v) is 6.09. The molecule has 0 aliphatic carbocycles. The Morgan fingerprint density at radius 2 is 1.76 bits per heavy atom. The molecule has 0 aromatic heterocycles. The number of carbonyl (C=O) groups excluding carboxylic acids is 1. The van der Waals surface area contributed by atoms with Crippen LogP contribution in [0.3, 0.4) is 0 Å². The van der Waals surface area contributed by atoms with Gasteiger partial charge in [0, 0.05) is 30.6 Å². The zero-order valence-corrected chi connectivity index (χ0v) is 11.9. The summed E-state index contributed by atoms with van der Waals surface area (Å²) in [5.74, 6) is 0.241. The average molecular weight is 297 g/mol. The van der Waals surface area contributed by atoms with E-state index in [1.54, 1.807) is 0 Å². The van der Waals surface area contributed by atoms with Crippen molar-refractivity contribution in [2.75, 3.05) is 4.90 Å². The topological polar surface area (TPSA) is 20.3 Å². The number of anilines is 1. The van der Waals surface area contributed by atoms with Crippen molar-refractivity contribution in [3.63, 3.8) is 0 Å².